The standard InChI is InChI=1S/C14H20BrFN2O2S/c1-9-3-4-12(5-9)18-21(19,20)13-7-11(15)6-10(8-17-2)14(13)16/h6-7,9,12,17-18H,3-5,8H2,1-2H3. The molecule has 0 amide bonds. The molecule has 0 saturated heterocycles. The summed E-state index contributed by atoms with van der Waals surface area (Å²) in [6, 6.07) is 2.80. The molecule has 1 saturated carbocycles. The van der Waals surface area contributed by atoms with Gasteiger partial charge in [-0.15, -0.1) is 0 Å². The topological polar surface area (TPSA) is 58.2 Å². The number of hydrogen-bond acceptors (Lipinski definition) is 3. The number of halogens is 2. The van der Waals surface area contributed by atoms with Crippen molar-refractivity contribution < 1.29 is 12.8 Å². The van der Waals surface area contributed by atoms with Gasteiger partial charge in [-0.05, 0) is 44.4 Å². The SMILES string of the molecule is CNCc1cc(Br)cc(S(=O)(=O)NC2CCC(C)C2)c1F. The van der Waals surface area contributed by atoms with Crippen LogP contribution in [-0.4, -0.2) is 21.5 Å². The zero-order chi connectivity index (χ0) is 15.6. The minimum absolute atomic E-state index is 0.101. The van der Waals surface area contributed by atoms with Crippen LogP contribution in [0.4, 0.5) is 4.39 Å². The van der Waals surface area contributed by atoms with E-state index in [-0.39, 0.29) is 17.5 Å². The average Bonchev–Trinajstić information content (AvgIpc) is 2.78. The van der Waals surface area contributed by atoms with Gasteiger partial charge >= 0.3 is 0 Å². The zero-order valence-electron chi connectivity index (χ0n) is 12.1. The van der Waals surface area contributed by atoms with Crippen molar-refractivity contribution >= 4 is 26.0 Å². The molecule has 1 fully saturated rings. The normalized spacial score (nSPS) is 22.7. The van der Waals surface area contributed by atoms with E-state index in [9.17, 15) is 12.8 Å². The Balaban J connectivity index is 2.31. The van der Waals surface area contributed by atoms with Crippen LogP contribution in [-0.2, 0) is 16.6 Å². The van der Waals surface area contributed by atoms with Crippen molar-refractivity contribution in [3.05, 3.63) is 28.0 Å². The van der Waals surface area contributed by atoms with Crippen molar-refractivity contribution in [1.82, 2.24) is 10.0 Å². The van der Waals surface area contributed by atoms with E-state index >= 15 is 0 Å². The van der Waals surface area contributed by atoms with Gasteiger partial charge < -0.3 is 5.32 Å². The van der Waals surface area contributed by atoms with Gasteiger partial charge in [0.25, 0.3) is 0 Å². The molecule has 1 aromatic rings. The second-order valence-electron chi connectivity index (χ2n) is 5.64. The summed E-state index contributed by atoms with van der Waals surface area (Å²) in [6.45, 7) is 2.37. The highest BCUT2D eigenvalue weighted by atomic mass is 79.9. The van der Waals surface area contributed by atoms with Crippen LogP contribution in [0.5, 0.6) is 0 Å². The molecule has 0 spiro atoms. The highest BCUT2D eigenvalue weighted by molar-refractivity contribution is 9.10. The van der Waals surface area contributed by atoms with Crippen molar-refractivity contribution in [1.29, 1.82) is 0 Å². The first kappa shape index (κ1) is 16.9. The molecule has 118 valence electrons. The zero-order valence-corrected chi connectivity index (χ0v) is 14.5. The average molecular weight is 379 g/mol. The molecule has 1 aromatic carbocycles. The minimum Gasteiger partial charge on any atom is -0.316 e. The molecule has 2 rings (SSSR count). The van der Waals surface area contributed by atoms with Gasteiger partial charge in [0, 0.05) is 22.6 Å². The summed E-state index contributed by atoms with van der Waals surface area (Å²) >= 11 is 3.25. The molecule has 0 aliphatic heterocycles. The lowest BCUT2D eigenvalue weighted by Crippen LogP contribution is -2.33. The van der Waals surface area contributed by atoms with Gasteiger partial charge in [-0.2, -0.15) is 0 Å². The Bertz CT molecular complexity index is 622. The maximum absolute atomic E-state index is 14.4. The first-order valence-corrected chi connectivity index (χ1v) is 9.26. The quantitative estimate of drug-likeness (QED) is 0.827. The van der Waals surface area contributed by atoms with Crippen molar-refractivity contribution in [3.63, 3.8) is 0 Å². The summed E-state index contributed by atoms with van der Waals surface area (Å²) in [4.78, 5) is -0.290. The smallest absolute Gasteiger partial charge is 0.243 e. The third kappa shape index (κ3) is 4.03. The van der Waals surface area contributed by atoms with E-state index in [1.807, 2.05) is 0 Å². The molecular weight excluding hydrogens is 359 g/mol. The van der Waals surface area contributed by atoms with E-state index in [2.05, 4.69) is 32.9 Å². The van der Waals surface area contributed by atoms with Crippen LogP contribution >= 0.6 is 15.9 Å². The molecule has 1 aliphatic rings. The van der Waals surface area contributed by atoms with Crippen LogP contribution in [0.25, 0.3) is 0 Å². The Morgan fingerprint density at radius 1 is 1.38 bits per heavy atom. The van der Waals surface area contributed by atoms with Crippen LogP contribution in [0, 0.1) is 11.7 Å². The third-order valence-corrected chi connectivity index (χ3v) is 5.73. The molecule has 2 atom stereocenters. The molecule has 21 heavy (non-hydrogen) atoms. The summed E-state index contributed by atoms with van der Waals surface area (Å²) in [6.07, 6.45) is 2.61. The Kier molecular flexibility index (Phi) is 5.40. The lowest BCUT2D eigenvalue weighted by Gasteiger charge is -2.15. The van der Waals surface area contributed by atoms with Gasteiger partial charge in [0.15, 0.2) is 0 Å². The fraction of sp³-hybridized carbons (Fsp3) is 0.571. The lowest BCUT2D eigenvalue weighted by molar-refractivity contribution is 0.523. The van der Waals surface area contributed by atoms with E-state index in [1.54, 1.807) is 13.1 Å². The Morgan fingerprint density at radius 2 is 2.10 bits per heavy atom. The minimum atomic E-state index is -3.84. The molecule has 4 nitrogen and oxygen atoms in total. The van der Waals surface area contributed by atoms with E-state index in [1.165, 1.54) is 6.07 Å². The van der Waals surface area contributed by atoms with Crippen LogP contribution < -0.4 is 10.0 Å². The highest BCUT2D eigenvalue weighted by Gasteiger charge is 2.29. The van der Waals surface area contributed by atoms with Gasteiger partial charge in [0.2, 0.25) is 10.0 Å². The molecule has 0 aromatic heterocycles. The predicted molar refractivity (Wildman–Crippen MR) is 84.0 cm³/mol. The van der Waals surface area contributed by atoms with Gasteiger partial charge in [-0.1, -0.05) is 22.9 Å². The molecule has 7 heteroatoms. The number of hydrogen-bond donors (Lipinski definition) is 2. The Labute approximate surface area is 133 Å². The van der Waals surface area contributed by atoms with Crippen LogP contribution in [0.3, 0.4) is 0 Å². The fourth-order valence-electron chi connectivity index (χ4n) is 2.73. The van der Waals surface area contributed by atoms with Crippen LogP contribution in [0.1, 0.15) is 31.7 Å². The molecule has 0 radical (unpaired) electrons. The summed E-state index contributed by atoms with van der Waals surface area (Å²) < 4.78 is 42.5. The molecule has 2 N–H and O–H groups in total. The van der Waals surface area contributed by atoms with Crippen molar-refractivity contribution in [3.8, 4) is 0 Å². The van der Waals surface area contributed by atoms with E-state index < -0.39 is 15.8 Å². The molecule has 0 heterocycles. The fourth-order valence-corrected chi connectivity index (χ4v) is 4.82. The van der Waals surface area contributed by atoms with Crippen molar-refractivity contribution in [2.45, 2.75) is 43.7 Å². The molecule has 0 bridgehead atoms. The van der Waals surface area contributed by atoms with Gasteiger partial charge in [0.1, 0.15) is 10.7 Å². The number of rotatable bonds is 5. The van der Waals surface area contributed by atoms with Crippen LogP contribution in [0.15, 0.2) is 21.5 Å². The van der Waals surface area contributed by atoms with Gasteiger partial charge in [-0.25, -0.2) is 17.5 Å². The third-order valence-electron chi connectivity index (χ3n) is 3.75. The molecule has 1 aliphatic carbocycles. The Hall–Kier alpha value is -0.500. The van der Waals surface area contributed by atoms with Gasteiger partial charge in [0.05, 0.1) is 0 Å². The van der Waals surface area contributed by atoms with Crippen LogP contribution in [0.2, 0.25) is 0 Å². The summed E-state index contributed by atoms with van der Waals surface area (Å²) in [5.41, 5.74) is 0.326. The lowest BCUT2D eigenvalue weighted by atomic mass is 10.1. The monoisotopic (exact) mass is 378 g/mol. The second-order valence-corrected chi connectivity index (χ2v) is 8.24. The van der Waals surface area contributed by atoms with E-state index in [0.717, 1.165) is 19.3 Å². The molecular formula is C14H20BrFN2O2S. The second kappa shape index (κ2) is 6.73. The summed E-state index contributed by atoms with van der Waals surface area (Å²) in [7, 11) is -2.16. The molecule has 2 unspecified atom stereocenters. The highest BCUT2D eigenvalue weighted by Crippen LogP contribution is 2.28. The summed E-state index contributed by atoms with van der Waals surface area (Å²) in [5.74, 6) is -0.184. The maximum atomic E-state index is 14.4. The van der Waals surface area contributed by atoms with Crippen molar-refractivity contribution in [2.75, 3.05) is 7.05 Å². The first-order chi connectivity index (χ1) is 9.83. The number of benzene rings is 1. The summed E-state index contributed by atoms with van der Waals surface area (Å²) in [5, 5.41) is 2.83. The maximum Gasteiger partial charge on any atom is 0.243 e. The Morgan fingerprint density at radius 3 is 2.67 bits per heavy atom. The largest absolute Gasteiger partial charge is 0.316 e. The predicted octanol–water partition coefficient (Wildman–Crippen LogP) is 2.77. The number of sulfonamides is 1. The van der Waals surface area contributed by atoms with E-state index in [4.69, 9.17) is 0 Å². The van der Waals surface area contributed by atoms with Crippen molar-refractivity contribution in [2.24, 2.45) is 5.92 Å². The van der Waals surface area contributed by atoms with E-state index in [0.29, 0.717) is 16.0 Å². The van der Waals surface area contributed by atoms with Gasteiger partial charge in [-0.3, -0.25) is 0 Å². The first-order valence-electron chi connectivity index (χ1n) is 6.98. The number of nitrogens with one attached hydrogen (secondary N) is 2.